The Balaban J connectivity index is 2.68. The fourth-order valence-corrected chi connectivity index (χ4v) is 1.34. The first-order valence-corrected chi connectivity index (χ1v) is 5.65. The molecule has 0 amide bonds. The minimum Gasteiger partial charge on any atom is -0.463 e. The maximum Gasteiger partial charge on any atom is 0.330 e. The van der Waals surface area contributed by atoms with E-state index in [-0.39, 0.29) is 11.8 Å². The van der Waals surface area contributed by atoms with Crippen molar-refractivity contribution in [2.75, 3.05) is 6.61 Å². The van der Waals surface area contributed by atoms with Crippen LogP contribution in [0, 0.1) is 0 Å². The number of carbonyl (C=O) groups excluding carboxylic acids is 2. The average Bonchev–Trinajstić information content (AvgIpc) is 2.36. The van der Waals surface area contributed by atoms with Gasteiger partial charge in [0, 0.05) is 18.1 Å². The van der Waals surface area contributed by atoms with Crippen LogP contribution in [0.5, 0.6) is 0 Å². The highest BCUT2D eigenvalue weighted by Crippen LogP contribution is 2.08. The molecule has 0 aliphatic heterocycles. The van der Waals surface area contributed by atoms with Crippen LogP contribution in [0.3, 0.4) is 0 Å². The summed E-state index contributed by atoms with van der Waals surface area (Å²) in [5, 5.41) is 0. The molecule has 1 aromatic carbocycles. The lowest BCUT2D eigenvalue weighted by molar-refractivity contribution is -0.137. The smallest absolute Gasteiger partial charge is 0.330 e. The number of benzene rings is 1. The maximum atomic E-state index is 11.4. The topological polar surface area (TPSA) is 43.4 Å². The van der Waals surface area contributed by atoms with Crippen molar-refractivity contribution >= 4 is 17.8 Å². The number of ketones is 1. The van der Waals surface area contributed by atoms with Gasteiger partial charge in [0.2, 0.25) is 0 Å². The van der Waals surface area contributed by atoms with Crippen molar-refractivity contribution < 1.29 is 14.3 Å². The van der Waals surface area contributed by atoms with E-state index in [0.717, 1.165) is 5.56 Å². The number of hydrogen-bond donors (Lipinski definition) is 0. The molecule has 0 saturated carbocycles. The molecule has 0 spiro atoms. The molecule has 0 aromatic heterocycles. The van der Waals surface area contributed by atoms with Crippen LogP contribution in [0.15, 0.2) is 30.3 Å². The van der Waals surface area contributed by atoms with Gasteiger partial charge in [-0.25, -0.2) is 4.79 Å². The van der Waals surface area contributed by atoms with Crippen LogP contribution in [-0.4, -0.2) is 18.4 Å². The quantitative estimate of drug-likeness (QED) is 0.445. The highest BCUT2D eigenvalue weighted by Gasteiger charge is 2.01. The summed E-state index contributed by atoms with van der Waals surface area (Å²) in [6.45, 7) is 3.96. The minimum absolute atomic E-state index is 0.117. The molecule has 90 valence electrons. The fourth-order valence-electron chi connectivity index (χ4n) is 1.34. The van der Waals surface area contributed by atoms with E-state index in [1.807, 2.05) is 6.92 Å². The van der Waals surface area contributed by atoms with Gasteiger partial charge in [-0.3, -0.25) is 4.79 Å². The van der Waals surface area contributed by atoms with E-state index >= 15 is 0 Å². The zero-order chi connectivity index (χ0) is 12.7. The summed E-state index contributed by atoms with van der Waals surface area (Å²) >= 11 is 0. The molecule has 0 saturated heterocycles. The summed E-state index contributed by atoms with van der Waals surface area (Å²) in [6.07, 6.45) is 3.54. The van der Waals surface area contributed by atoms with Crippen LogP contribution in [0.1, 0.15) is 36.2 Å². The number of hydrogen-bond acceptors (Lipinski definition) is 3. The van der Waals surface area contributed by atoms with Crippen LogP contribution in [-0.2, 0) is 9.53 Å². The molecular formula is C14H16O3. The molecular weight excluding hydrogens is 216 g/mol. The van der Waals surface area contributed by atoms with Gasteiger partial charge in [0.05, 0.1) is 6.61 Å². The second-order valence-corrected chi connectivity index (χ2v) is 3.48. The summed E-state index contributed by atoms with van der Waals surface area (Å²) in [7, 11) is 0. The second kappa shape index (κ2) is 6.63. The molecule has 0 N–H and O–H groups in total. The van der Waals surface area contributed by atoms with Crippen molar-refractivity contribution in [2.45, 2.75) is 20.3 Å². The largest absolute Gasteiger partial charge is 0.463 e. The first-order valence-electron chi connectivity index (χ1n) is 5.65. The van der Waals surface area contributed by atoms with Gasteiger partial charge in [0.1, 0.15) is 0 Å². The summed E-state index contributed by atoms with van der Waals surface area (Å²) in [5.41, 5.74) is 1.56. The predicted molar refractivity (Wildman–Crippen MR) is 66.7 cm³/mol. The predicted octanol–water partition coefficient (Wildman–Crippen LogP) is 2.86. The fraction of sp³-hybridized carbons (Fsp3) is 0.286. The lowest BCUT2D eigenvalue weighted by atomic mass is 10.1. The van der Waals surface area contributed by atoms with Crippen LogP contribution in [0.25, 0.3) is 6.08 Å². The maximum absolute atomic E-state index is 11.4. The molecule has 0 fully saturated rings. The van der Waals surface area contributed by atoms with Crippen molar-refractivity contribution in [3.05, 3.63) is 41.5 Å². The van der Waals surface area contributed by atoms with Gasteiger partial charge in [-0.2, -0.15) is 0 Å². The molecule has 0 atom stereocenters. The van der Waals surface area contributed by atoms with Crippen LogP contribution < -0.4 is 0 Å². The summed E-state index contributed by atoms with van der Waals surface area (Å²) in [5.74, 6) is -0.243. The molecule has 1 rings (SSSR count). The average molecular weight is 232 g/mol. The van der Waals surface area contributed by atoms with Crippen LogP contribution >= 0.6 is 0 Å². The Kier molecular flexibility index (Phi) is 5.14. The van der Waals surface area contributed by atoms with Gasteiger partial charge < -0.3 is 4.74 Å². The molecule has 0 heterocycles. The number of rotatable bonds is 5. The molecule has 0 bridgehead atoms. The first kappa shape index (κ1) is 13.2. The normalized spacial score (nSPS) is 10.5. The van der Waals surface area contributed by atoms with Crippen LogP contribution in [0.2, 0.25) is 0 Å². The van der Waals surface area contributed by atoms with Gasteiger partial charge in [-0.05, 0) is 18.6 Å². The van der Waals surface area contributed by atoms with E-state index in [4.69, 9.17) is 4.74 Å². The lowest BCUT2D eigenvalue weighted by Gasteiger charge is -1.99. The molecule has 17 heavy (non-hydrogen) atoms. The Morgan fingerprint density at radius 2 is 1.82 bits per heavy atom. The standard InChI is InChI=1S/C14H16O3/c1-3-13(15)12-8-5-11(6-9-12)7-10-14(16)17-4-2/h5-10H,3-4H2,1-2H3. The molecule has 0 unspecified atom stereocenters. The Morgan fingerprint density at radius 1 is 1.18 bits per heavy atom. The molecule has 0 aliphatic rings. The van der Waals surface area contributed by atoms with E-state index in [0.29, 0.717) is 18.6 Å². The van der Waals surface area contributed by atoms with Crippen molar-refractivity contribution in [3.63, 3.8) is 0 Å². The molecule has 1 aromatic rings. The second-order valence-electron chi connectivity index (χ2n) is 3.48. The van der Waals surface area contributed by atoms with Crippen molar-refractivity contribution in [1.82, 2.24) is 0 Å². The van der Waals surface area contributed by atoms with Gasteiger partial charge in [0.25, 0.3) is 0 Å². The number of ether oxygens (including phenoxy) is 1. The monoisotopic (exact) mass is 232 g/mol. The number of esters is 1. The molecule has 0 aliphatic carbocycles. The summed E-state index contributed by atoms with van der Waals surface area (Å²) in [4.78, 5) is 22.5. The van der Waals surface area contributed by atoms with Gasteiger partial charge in [0.15, 0.2) is 5.78 Å². The zero-order valence-electron chi connectivity index (χ0n) is 10.1. The van der Waals surface area contributed by atoms with Crippen molar-refractivity contribution in [1.29, 1.82) is 0 Å². The third-order valence-electron chi connectivity index (χ3n) is 2.25. The van der Waals surface area contributed by atoms with E-state index in [1.54, 1.807) is 37.3 Å². The third kappa shape index (κ3) is 4.23. The van der Waals surface area contributed by atoms with E-state index in [1.165, 1.54) is 6.08 Å². The number of carbonyl (C=O) groups is 2. The third-order valence-corrected chi connectivity index (χ3v) is 2.25. The van der Waals surface area contributed by atoms with Gasteiger partial charge in [-0.1, -0.05) is 31.2 Å². The van der Waals surface area contributed by atoms with E-state index < -0.39 is 0 Å². The van der Waals surface area contributed by atoms with Crippen LogP contribution in [0.4, 0.5) is 0 Å². The van der Waals surface area contributed by atoms with E-state index in [2.05, 4.69) is 0 Å². The van der Waals surface area contributed by atoms with Gasteiger partial charge >= 0.3 is 5.97 Å². The van der Waals surface area contributed by atoms with Crippen molar-refractivity contribution in [3.8, 4) is 0 Å². The zero-order valence-corrected chi connectivity index (χ0v) is 10.1. The highest BCUT2D eigenvalue weighted by molar-refractivity contribution is 5.96. The van der Waals surface area contributed by atoms with Gasteiger partial charge in [-0.15, -0.1) is 0 Å². The Labute approximate surface area is 101 Å². The summed E-state index contributed by atoms with van der Waals surface area (Å²) in [6, 6.07) is 7.13. The lowest BCUT2D eigenvalue weighted by Crippen LogP contribution is -1.98. The molecule has 3 heteroatoms. The first-order chi connectivity index (χ1) is 8.17. The highest BCUT2D eigenvalue weighted by atomic mass is 16.5. The Hall–Kier alpha value is -1.90. The Morgan fingerprint density at radius 3 is 2.35 bits per heavy atom. The summed E-state index contributed by atoms with van der Waals surface area (Å²) < 4.78 is 4.76. The Bertz CT molecular complexity index is 416. The van der Waals surface area contributed by atoms with E-state index in [9.17, 15) is 9.59 Å². The molecule has 3 nitrogen and oxygen atoms in total. The molecule has 0 radical (unpaired) electrons. The SMILES string of the molecule is CCOC(=O)C=Cc1ccc(C(=O)CC)cc1. The number of Topliss-reactive ketones (excluding diaryl/α,β-unsaturated/α-hetero) is 1. The minimum atomic E-state index is -0.360. The van der Waals surface area contributed by atoms with Crippen molar-refractivity contribution in [2.24, 2.45) is 0 Å².